The Morgan fingerprint density at radius 1 is 1.09 bits per heavy atom. The first-order valence-corrected chi connectivity index (χ1v) is 7.55. The highest BCUT2D eigenvalue weighted by Crippen LogP contribution is 2.32. The zero-order valence-electron chi connectivity index (χ0n) is 13.5. The number of amides is 1. The molecule has 0 saturated carbocycles. The summed E-state index contributed by atoms with van der Waals surface area (Å²) < 4.78 is 0. The van der Waals surface area contributed by atoms with Crippen molar-refractivity contribution in [1.82, 2.24) is 5.32 Å². The second kappa shape index (κ2) is 6.65. The maximum Gasteiger partial charge on any atom is 0.224 e. The smallest absolute Gasteiger partial charge is 0.224 e. The van der Waals surface area contributed by atoms with Gasteiger partial charge in [0.2, 0.25) is 5.91 Å². The van der Waals surface area contributed by atoms with Crippen molar-refractivity contribution >= 4 is 11.6 Å². The Hall–Kier alpha value is -2.29. The number of hydrogen-bond donors (Lipinski definition) is 2. The zero-order valence-corrected chi connectivity index (χ0v) is 13.5. The van der Waals surface area contributed by atoms with Crippen LogP contribution >= 0.6 is 0 Å². The largest absolute Gasteiger partial charge is 0.399 e. The topological polar surface area (TPSA) is 55.1 Å². The fourth-order valence-corrected chi connectivity index (χ4v) is 2.55. The molecule has 0 spiro atoms. The molecule has 1 unspecified atom stereocenters. The standard InChI is InChI=1S/C19H24N2O/c1-19(2,3)18(15-9-5-4-6-10-15)21-17(22)13-14-8-7-11-16(20)12-14/h4-12,18H,13,20H2,1-3H3,(H,21,22). The molecule has 3 N–H and O–H groups in total. The van der Waals surface area contributed by atoms with E-state index in [1.807, 2.05) is 42.5 Å². The minimum Gasteiger partial charge on any atom is -0.399 e. The maximum atomic E-state index is 12.4. The maximum absolute atomic E-state index is 12.4. The van der Waals surface area contributed by atoms with E-state index >= 15 is 0 Å². The first kappa shape index (κ1) is 16.1. The van der Waals surface area contributed by atoms with E-state index in [4.69, 9.17) is 5.73 Å². The van der Waals surface area contributed by atoms with Gasteiger partial charge < -0.3 is 11.1 Å². The van der Waals surface area contributed by atoms with E-state index in [0.717, 1.165) is 11.1 Å². The lowest BCUT2D eigenvalue weighted by atomic mass is 9.82. The SMILES string of the molecule is CC(C)(C)C(NC(=O)Cc1cccc(N)c1)c1ccccc1. The van der Waals surface area contributed by atoms with Crippen LogP contribution in [0.5, 0.6) is 0 Å². The second-order valence-electron chi connectivity index (χ2n) is 6.70. The normalized spacial score (nSPS) is 12.7. The van der Waals surface area contributed by atoms with Crippen molar-refractivity contribution in [1.29, 1.82) is 0 Å². The summed E-state index contributed by atoms with van der Waals surface area (Å²) in [4.78, 5) is 12.4. The molecule has 0 saturated heterocycles. The Labute approximate surface area is 132 Å². The number of hydrogen-bond acceptors (Lipinski definition) is 2. The summed E-state index contributed by atoms with van der Waals surface area (Å²) in [6.07, 6.45) is 0.338. The number of rotatable bonds is 4. The Morgan fingerprint density at radius 3 is 2.36 bits per heavy atom. The molecule has 22 heavy (non-hydrogen) atoms. The summed E-state index contributed by atoms with van der Waals surface area (Å²) in [5.41, 5.74) is 8.43. The van der Waals surface area contributed by atoms with Crippen molar-refractivity contribution < 1.29 is 4.79 Å². The van der Waals surface area contributed by atoms with Crippen molar-refractivity contribution in [2.45, 2.75) is 33.2 Å². The summed E-state index contributed by atoms with van der Waals surface area (Å²) in [7, 11) is 0. The molecule has 0 fully saturated rings. The minimum atomic E-state index is -0.0628. The van der Waals surface area contributed by atoms with E-state index in [2.05, 4.69) is 38.2 Å². The molecular formula is C19H24N2O. The summed E-state index contributed by atoms with van der Waals surface area (Å²) >= 11 is 0. The predicted molar refractivity (Wildman–Crippen MR) is 91.3 cm³/mol. The summed E-state index contributed by atoms with van der Waals surface area (Å²) in [5.74, 6) is 0.00868. The van der Waals surface area contributed by atoms with Crippen molar-refractivity contribution in [3.63, 3.8) is 0 Å². The van der Waals surface area contributed by atoms with E-state index < -0.39 is 0 Å². The first-order valence-electron chi connectivity index (χ1n) is 7.55. The van der Waals surface area contributed by atoms with Gasteiger partial charge in [-0.2, -0.15) is 0 Å². The number of anilines is 1. The molecule has 0 aliphatic heterocycles. The van der Waals surface area contributed by atoms with Crippen LogP contribution in [-0.4, -0.2) is 5.91 Å². The Morgan fingerprint density at radius 2 is 1.77 bits per heavy atom. The van der Waals surface area contributed by atoms with E-state index in [1.54, 1.807) is 0 Å². The molecule has 0 aliphatic carbocycles. The van der Waals surface area contributed by atoms with E-state index in [9.17, 15) is 4.79 Å². The summed E-state index contributed by atoms with van der Waals surface area (Å²) in [6, 6.07) is 17.5. The second-order valence-corrected chi connectivity index (χ2v) is 6.70. The molecule has 0 radical (unpaired) electrons. The number of benzene rings is 2. The van der Waals surface area contributed by atoms with E-state index in [0.29, 0.717) is 12.1 Å². The van der Waals surface area contributed by atoms with Gasteiger partial charge in [0, 0.05) is 5.69 Å². The van der Waals surface area contributed by atoms with Crippen LogP contribution in [0.2, 0.25) is 0 Å². The lowest BCUT2D eigenvalue weighted by Gasteiger charge is -2.32. The summed E-state index contributed by atoms with van der Waals surface area (Å²) in [6.45, 7) is 6.39. The monoisotopic (exact) mass is 296 g/mol. The minimum absolute atomic E-state index is 0.00868. The number of carbonyl (C=O) groups is 1. The molecule has 3 nitrogen and oxygen atoms in total. The number of nitrogens with two attached hydrogens (primary N) is 1. The highest BCUT2D eigenvalue weighted by Gasteiger charge is 2.27. The average molecular weight is 296 g/mol. The van der Waals surface area contributed by atoms with Crippen molar-refractivity contribution in [3.8, 4) is 0 Å². The lowest BCUT2D eigenvalue weighted by Crippen LogP contribution is -2.37. The van der Waals surface area contributed by atoms with Crippen LogP contribution in [0.3, 0.4) is 0 Å². The third-order valence-electron chi connectivity index (χ3n) is 3.62. The third kappa shape index (κ3) is 4.35. The molecule has 0 bridgehead atoms. The van der Waals surface area contributed by atoms with Crippen LogP contribution in [-0.2, 0) is 11.2 Å². The quantitative estimate of drug-likeness (QED) is 0.845. The van der Waals surface area contributed by atoms with Crippen LogP contribution < -0.4 is 11.1 Å². The molecule has 2 aromatic rings. The molecule has 0 aliphatic rings. The fraction of sp³-hybridized carbons (Fsp3) is 0.316. The molecule has 116 valence electrons. The van der Waals surface area contributed by atoms with Gasteiger partial charge in [-0.25, -0.2) is 0 Å². The first-order chi connectivity index (χ1) is 10.4. The van der Waals surface area contributed by atoms with Crippen LogP contribution in [0.1, 0.15) is 37.9 Å². The van der Waals surface area contributed by atoms with Crippen LogP contribution in [0.15, 0.2) is 54.6 Å². The van der Waals surface area contributed by atoms with Crippen molar-refractivity contribution in [3.05, 3.63) is 65.7 Å². The zero-order chi connectivity index (χ0) is 16.2. The van der Waals surface area contributed by atoms with Gasteiger partial charge in [0.1, 0.15) is 0 Å². The Balaban J connectivity index is 2.12. The van der Waals surface area contributed by atoms with Crippen molar-refractivity contribution in [2.24, 2.45) is 5.41 Å². The molecule has 2 aromatic carbocycles. The van der Waals surface area contributed by atoms with Gasteiger partial charge in [-0.3, -0.25) is 4.79 Å². The van der Waals surface area contributed by atoms with Gasteiger partial charge in [0.05, 0.1) is 12.5 Å². The Bertz CT molecular complexity index is 629. The molecule has 1 atom stereocenters. The van der Waals surface area contributed by atoms with Crippen LogP contribution in [0.4, 0.5) is 5.69 Å². The molecule has 1 amide bonds. The van der Waals surface area contributed by atoms with Gasteiger partial charge in [-0.15, -0.1) is 0 Å². The van der Waals surface area contributed by atoms with Gasteiger partial charge in [0.15, 0.2) is 0 Å². The number of nitrogen functional groups attached to an aromatic ring is 1. The van der Waals surface area contributed by atoms with Gasteiger partial charge in [-0.1, -0.05) is 63.2 Å². The third-order valence-corrected chi connectivity index (χ3v) is 3.62. The Kier molecular flexibility index (Phi) is 4.86. The van der Waals surface area contributed by atoms with Crippen molar-refractivity contribution in [2.75, 3.05) is 5.73 Å². The predicted octanol–water partition coefficient (Wildman–Crippen LogP) is 3.71. The van der Waals surface area contributed by atoms with Gasteiger partial charge in [-0.05, 0) is 28.7 Å². The molecule has 0 heterocycles. The van der Waals surface area contributed by atoms with Gasteiger partial charge in [0.25, 0.3) is 0 Å². The fourth-order valence-electron chi connectivity index (χ4n) is 2.55. The highest BCUT2D eigenvalue weighted by atomic mass is 16.1. The average Bonchev–Trinajstić information content (AvgIpc) is 2.44. The number of carbonyl (C=O) groups excluding carboxylic acids is 1. The number of nitrogens with one attached hydrogen (secondary N) is 1. The van der Waals surface area contributed by atoms with E-state index in [1.165, 1.54) is 0 Å². The lowest BCUT2D eigenvalue weighted by molar-refractivity contribution is -0.122. The molecule has 0 aromatic heterocycles. The molecule has 3 heteroatoms. The molecule has 2 rings (SSSR count). The summed E-state index contributed by atoms with van der Waals surface area (Å²) in [5, 5.41) is 3.16. The van der Waals surface area contributed by atoms with Gasteiger partial charge >= 0.3 is 0 Å². The van der Waals surface area contributed by atoms with E-state index in [-0.39, 0.29) is 17.4 Å². The highest BCUT2D eigenvalue weighted by molar-refractivity contribution is 5.79. The van der Waals surface area contributed by atoms with Crippen LogP contribution in [0, 0.1) is 5.41 Å². The van der Waals surface area contributed by atoms with Crippen LogP contribution in [0.25, 0.3) is 0 Å². The molecular weight excluding hydrogens is 272 g/mol.